The van der Waals surface area contributed by atoms with Gasteiger partial charge < -0.3 is 14.7 Å². The first-order valence-corrected chi connectivity index (χ1v) is 7.49. The number of likely N-dealkylation sites (tertiary alicyclic amines) is 1. The lowest BCUT2D eigenvalue weighted by molar-refractivity contribution is -0.188. The molecule has 0 saturated carbocycles. The SMILES string of the molecule is Cc1ccc(C(=O)OCC(=O)N2CCC[C@H](C(F)(F)F)C2)cc1O. The Morgan fingerprint density at radius 3 is 2.71 bits per heavy atom. The maximum absolute atomic E-state index is 12.7. The minimum Gasteiger partial charge on any atom is -0.508 e. The quantitative estimate of drug-likeness (QED) is 0.856. The van der Waals surface area contributed by atoms with Gasteiger partial charge in [0.2, 0.25) is 0 Å². The number of phenolic OH excluding ortho intramolecular Hbond substituents is 1. The normalized spacial score (nSPS) is 18.3. The van der Waals surface area contributed by atoms with E-state index >= 15 is 0 Å². The molecule has 0 unspecified atom stereocenters. The lowest BCUT2D eigenvalue weighted by Gasteiger charge is -2.33. The lowest BCUT2D eigenvalue weighted by Crippen LogP contribution is -2.46. The first kappa shape index (κ1) is 18.1. The number of phenols is 1. The average molecular weight is 345 g/mol. The number of benzene rings is 1. The van der Waals surface area contributed by atoms with Gasteiger partial charge in [-0.2, -0.15) is 13.2 Å². The third-order valence-electron chi connectivity index (χ3n) is 4.01. The number of esters is 1. The topological polar surface area (TPSA) is 66.8 Å². The van der Waals surface area contributed by atoms with E-state index in [0.29, 0.717) is 5.56 Å². The number of hydrogen-bond acceptors (Lipinski definition) is 4. The smallest absolute Gasteiger partial charge is 0.393 e. The molecule has 0 aliphatic carbocycles. The summed E-state index contributed by atoms with van der Waals surface area (Å²) in [5, 5.41) is 9.55. The number of carbonyl (C=O) groups excluding carboxylic acids is 2. The Morgan fingerprint density at radius 2 is 2.08 bits per heavy atom. The van der Waals surface area contributed by atoms with Crippen LogP contribution in [-0.2, 0) is 9.53 Å². The van der Waals surface area contributed by atoms with Crippen molar-refractivity contribution in [2.45, 2.75) is 25.9 Å². The van der Waals surface area contributed by atoms with Crippen LogP contribution in [0.25, 0.3) is 0 Å². The molecule has 0 bridgehead atoms. The van der Waals surface area contributed by atoms with E-state index in [1.807, 2.05) is 0 Å². The molecule has 1 heterocycles. The fourth-order valence-corrected chi connectivity index (χ4v) is 2.51. The zero-order valence-corrected chi connectivity index (χ0v) is 13.1. The third-order valence-corrected chi connectivity index (χ3v) is 4.01. The second-order valence-corrected chi connectivity index (χ2v) is 5.80. The minimum absolute atomic E-state index is 0.00425. The van der Waals surface area contributed by atoms with Crippen LogP contribution in [0.3, 0.4) is 0 Å². The number of nitrogens with zero attached hydrogens (tertiary/aromatic N) is 1. The average Bonchev–Trinajstić information content (AvgIpc) is 2.54. The highest BCUT2D eigenvalue weighted by Gasteiger charge is 2.42. The van der Waals surface area contributed by atoms with Crippen molar-refractivity contribution in [1.29, 1.82) is 0 Å². The van der Waals surface area contributed by atoms with Gasteiger partial charge in [0.1, 0.15) is 5.75 Å². The molecule has 1 N–H and O–H groups in total. The van der Waals surface area contributed by atoms with Crippen molar-refractivity contribution in [2.75, 3.05) is 19.7 Å². The van der Waals surface area contributed by atoms with E-state index in [1.54, 1.807) is 6.92 Å². The van der Waals surface area contributed by atoms with Gasteiger partial charge in [0.25, 0.3) is 5.91 Å². The second-order valence-electron chi connectivity index (χ2n) is 5.80. The first-order valence-electron chi connectivity index (χ1n) is 7.49. The van der Waals surface area contributed by atoms with Crippen LogP contribution in [0.2, 0.25) is 0 Å². The Kier molecular flexibility index (Phi) is 5.36. The van der Waals surface area contributed by atoms with Gasteiger partial charge in [0, 0.05) is 13.1 Å². The largest absolute Gasteiger partial charge is 0.508 e. The monoisotopic (exact) mass is 345 g/mol. The summed E-state index contributed by atoms with van der Waals surface area (Å²) < 4.78 is 43.0. The van der Waals surface area contributed by atoms with E-state index in [2.05, 4.69) is 0 Å². The van der Waals surface area contributed by atoms with Gasteiger partial charge in [-0.05, 0) is 37.5 Å². The molecule has 1 fully saturated rings. The van der Waals surface area contributed by atoms with Gasteiger partial charge in [-0.15, -0.1) is 0 Å². The van der Waals surface area contributed by atoms with Crippen LogP contribution in [0, 0.1) is 12.8 Å². The fraction of sp³-hybridized carbons (Fsp3) is 0.500. The predicted molar refractivity (Wildman–Crippen MR) is 78.5 cm³/mol. The number of alkyl halides is 3. The Balaban J connectivity index is 1.90. The number of aryl methyl sites for hydroxylation is 1. The Labute approximate surface area is 137 Å². The molecule has 1 aliphatic rings. The fourth-order valence-electron chi connectivity index (χ4n) is 2.51. The summed E-state index contributed by atoms with van der Waals surface area (Å²) in [7, 11) is 0. The molecule has 2 rings (SSSR count). The number of piperidine rings is 1. The van der Waals surface area contributed by atoms with Crippen LogP contribution in [0.4, 0.5) is 13.2 Å². The van der Waals surface area contributed by atoms with Crippen molar-refractivity contribution in [1.82, 2.24) is 4.90 Å². The molecule has 5 nitrogen and oxygen atoms in total. The molecular weight excluding hydrogens is 327 g/mol. The van der Waals surface area contributed by atoms with E-state index in [0.717, 1.165) is 4.90 Å². The van der Waals surface area contributed by atoms with Crippen LogP contribution in [0.1, 0.15) is 28.8 Å². The van der Waals surface area contributed by atoms with Gasteiger partial charge in [0.15, 0.2) is 6.61 Å². The molecule has 0 aromatic heterocycles. The van der Waals surface area contributed by atoms with Gasteiger partial charge in [-0.3, -0.25) is 4.79 Å². The van der Waals surface area contributed by atoms with Gasteiger partial charge in [-0.25, -0.2) is 4.79 Å². The lowest BCUT2D eigenvalue weighted by atomic mass is 9.97. The van der Waals surface area contributed by atoms with Gasteiger partial charge >= 0.3 is 12.1 Å². The van der Waals surface area contributed by atoms with Crippen LogP contribution in [-0.4, -0.2) is 47.8 Å². The van der Waals surface area contributed by atoms with Crippen molar-refractivity contribution < 1.29 is 32.6 Å². The standard InChI is InChI=1S/C16H18F3NO4/c1-10-4-5-11(7-13(10)21)15(23)24-9-14(22)20-6-2-3-12(8-20)16(17,18)19/h4-5,7,12,21H,2-3,6,8-9H2,1H3/t12-/m0/s1. The number of rotatable bonds is 3. The van der Waals surface area contributed by atoms with Crippen molar-refractivity contribution in [3.8, 4) is 5.75 Å². The third kappa shape index (κ3) is 4.39. The van der Waals surface area contributed by atoms with E-state index in [9.17, 15) is 27.9 Å². The maximum atomic E-state index is 12.7. The van der Waals surface area contributed by atoms with Crippen LogP contribution >= 0.6 is 0 Å². The maximum Gasteiger partial charge on any atom is 0.393 e. The highest BCUT2D eigenvalue weighted by Crippen LogP contribution is 2.33. The minimum atomic E-state index is -4.34. The van der Waals surface area contributed by atoms with Gasteiger partial charge in [-0.1, -0.05) is 6.07 Å². The Hall–Kier alpha value is -2.25. The zero-order chi connectivity index (χ0) is 17.9. The number of halogens is 3. The molecule has 1 atom stereocenters. The molecule has 24 heavy (non-hydrogen) atoms. The number of aromatic hydroxyl groups is 1. The molecule has 1 amide bonds. The molecule has 8 heteroatoms. The Bertz CT molecular complexity index is 630. The highest BCUT2D eigenvalue weighted by molar-refractivity contribution is 5.91. The van der Waals surface area contributed by atoms with Crippen molar-refractivity contribution >= 4 is 11.9 Å². The second kappa shape index (κ2) is 7.11. The first-order chi connectivity index (χ1) is 11.2. The van der Waals surface area contributed by atoms with E-state index in [4.69, 9.17) is 4.74 Å². The zero-order valence-electron chi connectivity index (χ0n) is 13.1. The highest BCUT2D eigenvalue weighted by atomic mass is 19.4. The summed E-state index contributed by atoms with van der Waals surface area (Å²) >= 11 is 0. The van der Waals surface area contributed by atoms with Crippen LogP contribution in [0.5, 0.6) is 5.75 Å². The molecule has 0 spiro atoms. The summed E-state index contributed by atoms with van der Waals surface area (Å²) in [5.41, 5.74) is 0.645. The van der Waals surface area contributed by atoms with E-state index in [-0.39, 0.29) is 30.7 Å². The molecule has 1 saturated heterocycles. The molecule has 1 aliphatic heterocycles. The molecule has 1 aromatic carbocycles. The molecular formula is C16H18F3NO4. The number of ether oxygens (including phenoxy) is 1. The summed E-state index contributed by atoms with van der Waals surface area (Å²) in [6.45, 7) is 0.832. The predicted octanol–water partition coefficient (Wildman–Crippen LogP) is 2.66. The molecule has 0 radical (unpaired) electrons. The summed E-state index contributed by atoms with van der Waals surface area (Å²) in [6, 6.07) is 4.16. The number of amides is 1. The van der Waals surface area contributed by atoms with Crippen LogP contribution in [0.15, 0.2) is 18.2 Å². The molecule has 132 valence electrons. The van der Waals surface area contributed by atoms with Crippen LogP contribution < -0.4 is 0 Å². The van der Waals surface area contributed by atoms with Crippen molar-refractivity contribution in [2.24, 2.45) is 5.92 Å². The molecule has 1 aromatic rings. The summed E-state index contributed by atoms with van der Waals surface area (Å²) in [5.74, 6) is -3.10. The van der Waals surface area contributed by atoms with Crippen molar-refractivity contribution in [3.63, 3.8) is 0 Å². The Morgan fingerprint density at radius 1 is 1.38 bits per heavy atom. The summed E-state index contributed by atoms with van der Waals surface area (Å²) in [4.78, 5) is 24.9. The summed E-state index contributed by atoms with van der Waals surface area (Å²) in [6.07, 6.45) is -4.08. The van der Waals surface area contributed by atoms with Crippen molar-refractivity contribution in [3.05, 3.63) is 29.3 Å². The van der Waals surface area contributed by atoms with Gasteiger partial charge in [0.05, 0.1) is 11.5 Å². The number of hydrogen-bond donors (Lipinski definition) is 1. The van der Waals surface area contributed by atoms with E-state index < -0.39 is 37.1 Å². The van der Waals surface area contributed by atoms with E-state index in [1.165, 1.54) is 18.2 Å². The number of carbonyl (C=O) groups is 2.